The molecule has 1 aromatic heterocycles. The van der Waals surface area contributed by atoms with Crippen molar-refractivity contribution in [3.63, 3.8) is 0 Å². The molecule has 0 aliphatic rings. The van der Waals surface area contributed by atoms with Gasteiger partial charge in [0, 0.05) is 9.50 Å². The molecule has 0 aliphatic heterocycles. The van der Waals surface area contributed by atoms with Gasteiger partial charge in [0.05, 0.1) is 18.4 Å². The van der Waals surface area contributed by atoms with Crippen LogP contribution in [0.1, 0.15) is 10.4 Å². The molecule has 1 heterocycles. The lowest BCUT2D eigenvalue weighted by atomic mass is 10.2. The lowest BCUT2D eigenvalue weighted by Crippen LogP contribution is -2.15. The number of anilines is 1. The highest BCUT2D eigenvalue weighted by atomic mass is 79.9. The van der Waals surface area contributed by atoms with Crippen LogP contribution in [0.4, 0.5) is 5.69 Å². The molecule has 112 valence electrons. The molecule has 0 saturated heterocycles. The summed E-state index contributed by atoms with van der Waals surface area (Å²) in [6, 6.07) is 5.86. The fraction of sp³-hybridized carbons (Fsp3) is 0.0833. The Balaban J connectivity index is 2.45. The summed E-state index contributed by atoms with van der Waals surface area (Å²) in [7, 11) is -2.60. The van der Waals surface area contributed by atoms with Crippen molar-refractivity contribution in [2.45, 2.75) is 4.21 Å². The van der Waals surface area contributed by atoms with Crippen molar-refractivity contribution in [1.29, 1.82) is 0 Å². The number of benzene rings is 1. The Morgan fingerprint density at radius 1 is 1.38 bits per heavy atom. The average molecular weight is 411 g/mol. The zero-order valence-corrected chi connectivity index (χ0v) is 14.6. The summed E-state index contributed by atoms with van der Waals surface area (Å²) < 4.78 is 32.2. The summed E-state index contributed by atoms with van der Waals surface area (Å²) >= 11 is 10.0. The minimum Gasteiger partial charge on any atom is -0.465 e. The molecule has 0 radical (unpaired) electrons. The number of halogens is 2. The van der Waals surface area contributed by atoms with Gasteiger partial charge in [0.1, 0.15) is 0 Å². The molecular weight excluding hydrogens is 402 g/mol. The van der Waals surface area contributed by atoms with E-state index in [4.69, 9.17) is 11.6 Å². The highest BCUT2D eigenvalue weighted by Gasteiger charge is 2.22. The zero-order chi connectivity index (χ0) is 15.6. The molecule has 0 aliphatic carbocycles. The monoisotopic (exact) mass is 409 g/mol. The van der Waals surface area contributed by atoms with Crippen molar-refractivity contribution >= 4 is 60.5 Å². The first kappa shape index (κ1) is 16.3. The maximum Gasteiger partial charge on any atom is 0.340 e. The molecule has 0 saturated carbocycles. The number of sulfonamides is 1. The van der Waals surface area contributed by atoms with E-state index < -0.39 is 16.0 Å². The topological polar surface area (TPSA) is 72.5 Å². The van der Waals surface area contributed by atoms with Crippen LogP contribution in [-0.4, -0.2) is 21.5 Å². The van der Waals surface area contributed by atoms with Crippen molar-refractivity contribution in [1.82, 2.24) is 0 Å². The molecule has 0 spiro atoms. The number of hydrogen-bond acceptors (Lipinski definition) is 5. The number of thiophene rings is 1. The Labute approximate surface area is 139 Å². The van der Waals surface area contributed by atoms with Gasteiger partial charge >= 0.3 is 5.97 Å². The van der Waals surface area contributed by atoms with Gasteiger partial charge in [-0.25, -0.2) is 13.2 Å². The summed E-state index contributed by atoms with van der Waals surface area (Å²) in [5.74, 6) is -0.680. The van der Waals surface area contributed by atoms with Crippen molar-refractivity contribution in [2.24, 2.45) is 0 Å². The molecule has 0 unspecified atom stereocenters. The van der Waals surface area contributed by atoms with Crippen molar-refractivity contribution in [2.75, 3.05) is 11.8 Å². The number of rotatable bonds is 4. The Bertz CT molecular complexity index is 788. The first-order chi connectivity index (χ1) is 9.85. The molecule has 2 rings (SSSR count). The Hall–Kier alpha value is -1.09. The maximum atomic E-state index is 12.3. The van der Waals surface area contributed by atoms with Crippen LogP contribution < -0.4 is 4.72 Å². The van der Waals surface area contributed by atoms with Crippen molar-refractivity contribution < 1.29 is 17.9 Å². The molecule has 0 amide bonds. The quantitative estimate of drug-likeness (QED) is 0.779. The van der Waals surface area contributed by atoms with E-state index in [1.807, 2.05) is 0 Å². The maximum absolute atomic E-state index is 12.3. The van der Waals surface area contributed by atoms with Crippen LogP contribution in [0.15, 0.2) is 38.3 Å². The van der Waals surface area contributed by atoms with Crippen LogP contribution in [0.3, 0.4) is 0 Å². The number of ether oxygens (including phenoxy) is 1. The largest absolute Gasteiger partial charge is 0.465 e. The van der Waals surface area contributed by atoms with Crippen LogP contribution in [0.5, 0.6) is 0 Å². The second-order valence-electron chi connectivity index (χ2n) is 3.84. The molecule has 0 atom stereocenters. The van der Waals surface area contributed by atoms with Crippen LogP contribution in [0.25, 0.3) is 0 Å². The standard InChI is InChI=1S/C12H9BrClNO4S2/c1-19-11(16)8-6-7(14)2-3-10(8)15-21(17,18)12-9(13)4-5-20-12/h2-6,15H,1H3. The lowest BCUT2D eigenvalue weighted by Gasteiger charge is -2.11. The third-order valence-corrected chi connectivity index (χ3v) is 6.73. The predicted octanol–water partition coefficient (Wildman–Crippen LogP) is 3.75. The lowest BCUT2D eigenvalue weighted by molar-refractivity contribution is 0.0602. The summed E-state index contributed by atoms with van der Waals surface area (Å²) in [6.45, 7) is 0. The van der Waals surface area contributed by atoms with Crippen molar-refractivity contribution in [3.8, 4) is 0 Å². The normalized spacial score (nSPS) is 11.2. The average Bonchev–Trinajstić information content (AvgIpc) is 2.87. The Kier molecular flexibility index (Phi) is 4.92. The van der Waals surface area contributed by atoms with Gasteiger partial charge < -0.3 is 4.74 Å². The molecular formula is C12H9BrClNO4S2. The molecule has 0 bridgehead atoms. The minimum atomic E-state index is -3.81. The van der Waals surface area contributed by atoms with E-state index in [0.717, 1.165) is 11.3 Å². The Morgan fingerprint density at radius 3 is 2.67 bits per heavy atom. The van der Waals surface area contributed by atoms with Gasteiger partial charge in [-0.1, -0.05) is 11.6 Å². The van der Waals surface area contributed by atoms with Crippen molar-refractivity contribution in [3.05, 3.63) is 44.7 Å². The summed E-state index contributed by atoms with van der Waals surface area (Å²) in [4.78, 5) is 11.7. The summed E-state index contributed by atoms with van der Waals surface area (Å²) in [5, 5.41) is 1.94. The van der Waals surface area contributed by atoms with Crippen LogP contribution in [-0.2, 0) is 14.8 Å². The van der Waals surface area contributed by atoms with E-state index in [1.54, 1.807) is 11.4 Å². The predicted molar refractivity (Wildman–Crippen MR) is 85.6 cm³/mol. The van der Waals surface area contributed by atoms with Crippen LogP contribution in [0.2, 0.25) is 5.02 Å². The van der Waals surface area contributed by atoms with E-state index in [2.05, 4.69) is 25.4 Å². The van der Waals surface area contributed by atoms with Crippen LogP contribution >= 0.6 is 38.9 Å². The molecule has 2 aromatic rings. The van der Waals surface area contributed by atoms with Gasteiger partial charge in [-0.15, -0.1) is 11.3 Å². The van der Waals surface area contributed by atoms with E-state index in [1.165, 1.54) is 25.3 Å². The van der Waals surface area contributed by atoms with Gasteiger partial charge in [-0.3, -0.25) is 4.72 Å². The molecule has 5 nitrogen and oxygen atoms in total. The van der Waals surface area contributed by atoms with Gasteiger partial charge in [0.15, 0.2) is 4.21 Å². The van der Waals surface area contributed by atoms with Gasteiger partial charge in [0.25, 0.3) is 10.0 Å². The number of carbonyl (C=O) groups excluding carboxylic acids is 1. The molecule has 1 aromatic carbocycles. The van der Waals surface area contributed by atoms with E-state index in [0.29, 0.717) is 9.50 Å². The second-order valence-corrected chi connectivity index (χ2v) is 7.93. The van der Waals surface area contributed by atoms with E-state index >= 15 is 0 Å². The van der Waals surface area contributed by atoms with E-state index in [-0.39, 0.29) is 15.5 Å². The number of methoxy groups -OCH3 is 1. The smallest absolute Gasteiger partial charge is 0.340 e. The van der Waals surface area contributed by atoms with E-state index in [9.17, 15) is 13.2 Å². The third kappa shape index (κ3) is 3.57. The second kappa shape index (κ2) is 6.35. The minimum absolute atomic E-state index is 0.0428. The molecule has 21 heavy (non-hydrogen) atoms. The molecule has 0 fully saturated rings. The molecule has 1 N–H and O–H groups in total. The fourth-order valence-electron chi connectivity index (χ4n) is 1.55. The highest BCUT2D eigenvalue weighted by molar-refractivity contribution is 9.10. The van der Waals surface area contributed by atoms with Crippen LogP contribution in [0, 0.1) is 0 Å². The first-order valence-electron chi connectivity index (χ1n) is 5.49. The number of carbonyl (C=O) groups is 1. The number of esters is 1. The first-order valence-corrected chi connectivity index (χ1v) is 9.02. The molecule has 9 heteroatoms. The number of hydrogen-bond donors (Lipinski definition) is 1. The van der Waals surface area contributed by atoms with Gasteiger partial charge in [0.2, 0.25) is 0 Å². The Morgan fingerprint density at radius 2 is 2.10 bits per heavy atom. The zero-order valence-electron chi connectivity index (χ0n) is 10.6. The number of nitrogens with one attached hydrogen (secondary N) is 1. The van der Waals surface area contributed by atoms with Gasteiger partial charge in [-0.2, -0.15) is 0 Å². The summed E-state index contributed by atoms with van der Waals surface area (Å²) in [6.07, 6.45) is 0. The van der Waals surface area contributed by atoms with Gasteiger partial charge in [-0.05, 0) is 45.6 Å². The fourth-order valence-corrected chi connectivity index (χ4v) is 5.14. The summed E-state index contributed by atoms with van der Waals surface area (Å²) in [5.41, 5.74) is 0.146. The highest BCUT2D eigenvalue weighted by Crippen LogP contribution is 2.30. The SMILES string of the molecule is COC(=O)c1cc(Cl)ccc1NS(=O)(=O)c1sccc1Br. The third-order valence-electron chi connectivity index (χ3n) is 2.46.